The number of carboxylic acid groups (broad SMARTS) is 1. The third kappa shape index (κ3) is 3.89. The van der Waals surface area contributed by atoms with E-state index in [1.54, 1.807) is 19.1 Å². The highest BCUT2D eigenvalue weighted by Gasteiger charge is 2.18. The third-order valence-corrected chi connectivity index (χ3v) is 3.56. The van der Waals surface area contributed by atoms with Crippen molar-refractivity contribution in [2.45, 2.75) is 13.8 Å². The Morgan fingerprint density at radius 3 is 2.35 bits per heavy atom. The van der Waals surface area contributed by atoms with Crippen molar-refractivity contribution in [3.05, 3.63) is 46.8 Å². The average Bonchev–Trinajstić information content (AvgIpc) is 2.89. The lowest BCUT2D eigenvalue weighted by atomic mass is 10.1. The van der Waals surface area contributed by atoms with Crippen molar-refractivity contribution in [3.8, 4) is 5.75 Å². The molecule has 4 N–H and O–H groups in total. The van der Waals surface area contributed by atoms with Gasteiger partial charge in [0.1, 0.15) is 17.3 Å². The summed E-state index contributed by atoms with van der Waals surface area (Å²) in [5.41, 5.74) is 6.30. The normalized spacial score (nSPS) is 11.1. The molecular formula is C17H18N4O5. The van der Waals surface area contributed by atoms with Crippen molar-refractivity contribution in [1.29, 1.82) is 0 Å². The van der Waals surface area contributed by atoms with E-state index in [9.17, 15) is 19.5 Å². The number of nitrogens with zero attached hydrogens (tertiary/aromatic N) is 2. The van der Waals surface area contributed by atoms with Crippen LogP contribution in [0.1, 0.15) is 33.3 Å². The highest BCUT2D eigenvalue weighted by atomic mass is 16.5. The SMILES string of the molecule is COc1ccc(C(=O)N/C(=C/c2c(C)nn(C(C)=O)c2N)C(=O)O)cc1. The molecule has 136 valence electrons. The van der Waals surface area contributed by atoms with Gasteiger partial charge in [0, 0.05) is 18.1 Å². The van der Waals surface area contributed by atoms with Crippen molar-refractivity contribution < 1.29 is 24.2 Å². The van der Waals surface area contributed by atoms with Crippen molar-refractivity contribution in [1.82, 2.24) is 15.1 Å². The van der Waals surface area contributed by atoms with Gasteiger partial charge in [0.25, 0.3) is 5.91 Å². The fourth-order valence-electron chi connectivity index (χ4n) is 2.21. The molecule has 0 unspecified atom stereocenters. The number of anilines is 1. The van der Waals surface area contributed by atoms with E-state index in [-0.39, 0.29) is 16.9 Å². The number of methoxy groups -OCH3 is 1. The molecule has 0 atom stereocenters. The van der Waals surface area contributed by atoms with Crippen LogP contribution in [0.3, 0.4) is 0 Å². The molecule has 1 heterocycles. The minimum atomic E-state index is -1.36. The Bertz CT molecular complexity index is 897. The molecule has 1 amide bonds. The molecule has 0 aliphatic heterocycles. The summed E-state index contributed by atoms with van der Waals surface area (Å²) in [5.74, 6) is -1.83. The predicted octanol–water partition coefficient (Wildman–Crippen LogP) is 1.30. The summed E-state index contributed by atoms with van der Waals surface area (Å²) >= 11 is 0. The first-order valence-electron chi connectivity index (χ1n) is 7.51. The van der Waals surface area contributed by atoms with Gasteiger partial charge in [-0.2, -0.15) is 9.78 Å². The summed E-state index contributed by atoms with van der Waals surface area (Å²) in [6, 6.07) is 6.16. The molecule has 1 aromatic carbocycles. The van der Waals surface area contributed by atoms with Gasteiger partial charge in [-0.25, -0.2) is 4.79 Å². The number of hydrogen-bond donors (Lipinski definition) is 3. The Kier molecular flexibility index (Phi) is 5.41. The van der Waals surface area contributed by atoms with Gasteiger partial charge in [0.05, 0.1) is 12.8 Å². The largest absolute Gasteiger partial charge is 0.497 e. The molecule has 9 nitrogen and oxygen atoms in total. The first-order chi connectivity index (χ1) is 12.2. The Morgan fingerprint density at radius 2 is 1.88 bits per heavy atom. The lowest BCUT2D eigenvalue weighted by Gasteiger charge is -2.07. The Balaban J connectivity index is 2.34. The standard InChI is InChI=1S/C17H18N4O5/c1-9-13(15(18)21(20-9)10(2)22)8-14(17(24)25)19-16(23)11-4-6-12(26-3)7-5-11/h4-8H,18H2,1-3H3,(H,19,23)(H,24,25)/b14-8+. The highest BCUT2D eigenvalue weighted by Crippen LogP contribution is 2.20. The summed E-state index contributed by atoms with van der Waals surface area (Å²) in [5, 5.41) is 15.6. The van der Waals surface area contributed by atoms with Gasteiger partial charge in [-0.1, -0.05) is 0 Å². The van der Waals surface area contributed by atoms with E-state index in [0.717, 1.165) is 4.68 Å². The molecule has 0 fully saturated rings. The minimum Gasteiger partial charge on any atom is -0.497 e. The Hall–Kier alpha value is -3.62. The zero-order chi connectivity index (χ0) is 19.4. The summed E-state index contributed by atoms with van der Waals surface area (Å²) in [4.78, 5) is 35.2. The zero-order valence-corrected chi connectivity index (χ0v) is 14.4. The summed E-state index contributed by atoms with van der Waals surface area (Å²) in [7, 11) is 1.49. The van der Waals surface area contributed by atoms with Crippen LogP contribution in [0.2, 0.25) is 0 Å². The number of nitrogens with one attached hydrogen (secondary N) is 1. The number of benzene rings is 1. The fraction of sp³-hybridized carbons (Fsp3) is 0.176. The van der Waals surface area contributed by atoms with Gasteiger partial charge in [0.15, 0.2) is 0 Å². The number of nitrogen functional groups attached to an aromatic ring is 1. The monoisotopic (exact) mass is 358 g/mol. The van der Waals surface area contributed by atoms with Gasteiger partial charge in [-0.05, 0) is 37.3 Å². The van der Waals surface area contributed by atoms with E-state index in [1.807, 2.05) is 0 Å². The number of carbonyl (C=O) groups is 3. The second kappa shape index (κ2) is 7.51. The van der Waals surface area contributed by atoms with E-state index >= 15 is 0 Å². The first kappa shape index (κ1) is 18.7. The smallest absolute Gasteiger partial charge is 0.352 e. The number of hydrogen-bond acceptors (Lipinski definition) is 6. The van der Waals surface area contributed by atoms with Gasteiger partial charge in [-0.15, -0.1) is 0 Å². The van der Waals surface area contributed by atoms with Crippen LogP contribution >= 0.6 is 0 Å². The maximum atomic E-state index is 12.3. The van der Waals surface area contributed by atoms with E-state index in [2.05, 4.69) is 10.4 Å². The minimum absolute atomic E-state index is 0.00699. The molecule has 0 saturated heterocycles. The second-order valence-electron chi connectivity index (χ2n) is 5.36. The molecule has 2 rings (SSSR count). The number of amides is 1. The number of aryl methyl sites for hydroxylation is 1. The molecule has 0 spiro atoms. The molecule has 1 aromatic heterocycles. The van der Waals surface area contributed by atoms with Crippen LogP contribution in [-0.2, 0) is 4.79 Å². The first-order valence-corrected chi connectivity index (χ1v) is 7.51. The fourth-order valence-corrected chi connectivity index (χ4v) is 2.21. The number of aromatic nitrogens is 2. The third-order valence-electron chi connectivity index (χ3n) is 3.56. The topological polar surface area (TPSA) is 137 Å². The number of carboxylic acids is 1. The van der Waals surface area contributed by atoms with Crippen LogP contribution in [0.4, 0.5) is 5.82 Å². The van der Waals surface area contributed by atoms with E-state index < -0.39 is 23.5 Å². The maximum Gasteiger partial charge on any atom is 0.352 e. The van der Waals surface area contributed by atoms with Crippen LogP contribution in [0.15, 0.2) is 30.0 Å². The van der Waals surface area contributed by atoms with Gasteiger partial charge in [-0.3, -0.25) is 9.59 Å². The van der Waals surface area contributed by atoms with Crippen LogP contribution < -0.4 is 15.8 Å². The van der Waals surface area contributed by atoms with Gasteiger partial charge < -0.3 is 20.9 Å². The Labute approximate surface area is 149 Å². The highest BCUT2D eigenvalue weighted by molar-refractivity contribution is 6.03. The van der Waals surface area contributed by atoms with Gasteiger partial charge >= 0.3 is 5.97 Å². The van der Waals surface area contributed by atoms with E-state index in [1.165, 1.54) is 32.2 Å². The molecule has 0 bridgehead atoms. The van der Waals surface area contributed by atoms with E-state index in [0.29, 0.717) is 11.4 Å². The van der Waals surface area contributed by atoms with Crippen molar-refractivity contribution in [2.75, 3.05) is 12.8 Å². The lowest BCUT2D eigenvalue weighted by molar-refractivity contribution is -0.132. The summed E-state index contributed by atoms with van der Waals surface area (Å²) < 4.78 is 5.97. The average molecular weight is 358 g/mol. The molecule has 0 aliphatic rings. The van der Waals surface area contributed by atoms with E-state index in [4.69, 9.17) is 10.5 Å². The van der Waals surface area contributed by atoms with Crippen LogP contribution in [0.5, 0.6) is 5.75 Å². The number of aliphatic carboxylic acids is 1. The molecule has 26 heavy (non-hydrogen) atoms. The molecular weight excluding hydrogens is 340 g/mol. The predicted molar refractivity (Wildman–Crippen MR) is 93.7 cm³/mol. The molecule has 0 radical (unpaired) electrons. The van der Waals surface area contributed by atoms with Crippen molar-refractivity contribution in [3.63, 3.8) is 0 Å². The quantitative estimate of drug-likeness (QED) is 0.685. The number of ether oxygens (including phenoxy) is 1. The number of carbonyl (C=O) groups excluding carboxylic acids is 2. The Morgan fingerprint density at radius 1 is 1.27 bits per heavy atom. The van der Waals surface area contributed by atoms with Crippen molar-refractivity contribution >= 4 is 29.7 Å². The number of rotatable bonds is 5. The molecule has 2 aromatic rings. The van der Waals surface area contributed by atoms with Gasteiger partial charge in [0.2, 0.25) is 5.91 Å². The number of nitrogens with two attached hydrogens (primary N) is 1. The summed E-state index contributed by atoms with van der Waals surface area (Å²) in [6.07, 6.45) is 1.17. The maximum absolute atomic E-state index is 12.3. The second-order valence-corrected chi connectivity index (χ2v) is 5.36. The van der Waals surface area contributed by atoms with Crippen LogP contribution in [-0.4, -0.2) is 39.8 Å². The lowest BCUT2D eigenvalue weighted by Crippen LogP contribution is -2.27. The molecule has 0 saturated carbocycles. The van der Waals surface area contributed by atoms with Crippen LogP contribution in [0, 0.1) is 6.92 Å². The summed E-state index contributed by atoms with van der Waals surface area (Å²) in [6.45, 7) is 2.85. The van der Waals surface area contributed by atoms with Crippen LogP contribution in [0.25, 0.3) is 6.08 Å². The molecule has 9 heteroatoms. The molecule has 0 aliphatic carbocycles. The zero-order valence-electron chi connectivity index (χ0n) is 14.4. The van der Waals surface area contributed by atoms with Crippen molar-refractivity contribution in [2.24, 2.45) is 0 Å².